The molecule has 2 amide bonds. The zero-order valence-electron chi connectivity index (χ0n) is 17.9. The SMILES string of the molecule is O=C(O[C@@H]1CCOC1)N1C2CCC1CC(N1CCC3(CC1)C(=O)Nc1ccccc13)C2.[HH]. The van der Waals surface area contributed by atoms with Crippen LogP contribution in [0.4, 0.5) is 10.5 Å². The second kappa shape index (κ2) is 7.48. The molecule has 0 aliphatic carbocycles. The van der Waals surface area contributed by atoms with Crippen molar-refractivity contribution in [3.05, 3.63) is 29.8 Å². The van der Waals surface area contributed by atoms with Crippen LogP contribution in [0.3, 0.4) is 0 Å². The van der Waals surface area contributed by atoms with Crippen LogP contribution in [0.1, 0.15) is 51.9 Å². The van der Waals surface area contributed by atoms with E-state index in [1.807, 2.05) is 23.1 Å². The number of fused-ring (bicyclic) bond motifs is 4. The fourth-order valence-electron chi connectivity index (χ4n) is 6.69. The van der Waals surface area contributed by atoms with Crippen molar-refractivity contribution in [1.29, 1.82) is 0 Å². The van der Waals surface area contributed by atoms with Gasteiger partial charge in [-0.2, -0.15) is 0 Å². The number of nitrogens with zero attached hydrogens (tertiary/aromatic N) is 2. The van der Waals surface area contributed by atoms with Crippen LogP contribution in [-0.4, -0.2) is 72.3 Å². The van der Waals surface area contributed by atoms with Crippen LogP contribution in [0.15, 0.2) is 24.3 Å². The van der Waals surface area contributed by atoms with Crippen molar-refractivity contribution < 1.29 is 20.5 Å². The number of likely N-dealkylation sites (tertiary alicyclic amines) is 1. The van der Waals surface area contributed by atoms with Gasteiger partial charge in [0.25, 0.3) is 0 Å². The molecule has 1 aromatic carbocycles. The molecule has 1 N–H and O–H groups in total. The number of carbonyl (C=O) groups is 2. The summed E-state index contributed by atoms with van der Waals surface area (Å²) in [5.41, 5.74) is 1.80. The van der Waals surface area contributed by atoms with Crippen LogP contribution in [0.2, 0.25) is 0 Å². The van der Waals surface area contributed by atoms with Gasteiger partial charge in [-0.25, -0.2) is 4.79 Å². The summed E-state index contributed by atoms with van der Waals surface area (Å²) in [7, 11) is 0. The minimum Gasteiger partial charge on any atom is -0.444 e. The van der Waals surface area contributed by atoms with Crippen LogP contribution in [0.5, 0.6) is 0 Å². The van der Waals surface area contributed by atoms with Crippen LogP contribution >= 0.6 is 0 Å². The molecule has 2 bridgehead atoms. The third-order valence-corrected chi connectivity index (χ3v) is 8.37. The van der Waals surface area contributed by atoms with Gasteiger partial charge in [-0.1, -0.05) is 18.2 Å². The lowest BCUT2D eigenvalue weighted by atomic mass is 9.73. The minimum absolute atomic E-state index is 0. The number of para-hydroxylation sites is 1. The van der Waals surface area contributed by atoms with Crippen molar-refractivity contribution in [3.8, 4) is 0 Å². The van der Waals surface area contributed by atoms with E-state index in [1.165, 1.54) is 5.56 Å². The Balaban J connectivity index is 0.00000216. The maximum Gasteiger partial charge on any atom is 0.410 e. The third-order valence-electron chi connectivity index (χ3n) is 8.37. The Hall–Kier alpha value is -2.12. The topological polar surface area (TPSA) is 71.1 Å². The van der Waals surface area contributed by atoms with E-state index in [9.17, 15) is 9.59 Å². The Morgan fingerprint density at radius 1 is 1.10 bits per heavy atom. The van der Waals surface area contributed by atoms with E-state index in [2.05, 4.69) is 16.3 Å². The molecule has 1 aromatic rings. The van der Waals surface area contributed by atoms with Crippen molar-refractivity contribution in [2.75, 3.05) is 31.6 Å². The van der Waals surface area contributed by atoms with E-state index in [4.69, 9.17) is 9.47 Å². The summed E-state index contributed by atoms with van der Waals surface area (Å²) in [5.74, 6) is 0.168. The van der Waals surface area contributed by atoms with Gasteiger partial charge in [-0.05, 0) is 63.2 Å². The van der Waals surface area contributed by atoms with E-state index in [1.54, 1.807) is 0 Å². The molecule has 7 nitrogen and oxygen atoms in total. The minimum atomic E-state index is -0.361. The molecular weight excluding hydrogens is 394 g/mol. The Morgan fingerprint density at radius 3 is 2.55 bits per heavy atom. The number of nitrogens with one attached hydrogen (secondary N) is 1. The number of piperidine rings is 2. The largest absolute Gasteiger partial charge is 0.444 e. The molecule has 2 unspecified atom stereocenters. The Morgan fingerprint density at radius 2 is 1.84 bits per heavy atom. The molecule has 6 rings (SSSR count). The molecule has 7 heteroatoms. The average Bonchev–Trinajstić information content (AvgIpc) is 3.46. The number of carbonyl (C=O) groups excluding carboxylic acids is 2. The molecule has 4 fully saturated rings. The monoisotopic (exact) mass is 427 g/mol. The van der Waals surface area contributed by atoms with E-state index < -0.39 is 0 Å². The maximum absolute atomic E-state index is 12.9. The molecule has 31 heavy (non-hydrogen) atoms. The number of hydrogen-bond donors (Lipinski definition) is 1. The van der Waals surface area contributed by atoms with Crippen molar-refractivity contribution in [2.45, 2.75) is 74.6 Å². The van der Waals surface area contributed by atoms with Crippen LogP contribution in [0.25, 0.3) is 0 Å². The van der Waals surface area contributed by atoms with Crippen molar-refractivity contribution in [1.82, 2.24) is 9.80 Å². The molecular formula is C24H33N3O4. The molecule has 0 saturated carbocycles. The van der Waals surface area contributed by atoms with Crippen LogP contribution in [0, 0.1) is 0 Å². The molecule has 5 aliphatic heterocycles. The van der Waals surface area contributed by atoms with Gasteiger partial charge in [-0.3, -0.25) is 4.79 Å². The summed E-state index contributed by atoms with van der Waals surface area (Å²) in [6.45, 7) is 3.10. The summed E-state index contributed by atoms with van der Waals surface area (Å²) in [6, 6.07) is 9.21. The van der Waals surface area contributed by atoms with Gasteiger partial charge in [-0.15, -0.1) is 0 Å². The van der Waals surface area contributed by atoms with Crippen LogP contribution < -0.4 is 5.32 Å². The van der Waals surface area contributed by atoms with Gasteiger partial charge in [0.1, 0.15) is 6.10 Å². The first-order valence-electron chi connectivity index (χ1n) is 11.9. The zero-order chi connectivity index (χ0) is 21.0. The van der Waals surface area contributed by atoms with Gasteiger partial charge in [0.15, 0.2) is 0 Å². The molecule has 5 heterocycles. The quantitative estimate of drug-likeness (QED) is 0.785. The first kappa shape index (κ1) is 19.6. The summed E-state index contributed by atoms with van der Waals surface area (Å²) in [6.07, 6.45) is 6.51. The molecule has 168 valence electrons. The second-order valence-electron chi connectivity index (χ2n) is 9.90. The van der Waals surface area contributed by atoms with Gasteiger partial charge in [0, 0.05) is 31.7 Å². The Kier molecular flexibility index (Phi) is 4.72. The van der Waals surface area contributed by atoms with Gasteiger partial charge in [0.2, 0.25) is 5.91 Å². The normalized spacial score (nSPS) is 34.1. The number of benzene rings is 1. The number of ether oxygens (including phenoxy) is 2. The highest BCUT2D eigenvalue weighted by Gasteiger charge is 2.51. The highest BCUT2D eigenvalue weighted by atomic mass is 16.6. The zero-order valence-corrected chi connectivity index (χ0v) is 17.9. The Bertz CT molecular complexity index is 868. The molecule has 0 radical (unpaired) electrons. The summed E-state index contributed by atoms with van der Waals surface area (Å²) in [5, 5.41) is 3.10. The van der Waals surface area contributed by atoms with Gasteiger partial charge in [0.05, 0.1) is 18.6 Å². The fraction of sp³-hybridized carbons (Fsp3) is 0.667. The highest BCUT2D eigenvalue weighted by molar-refractivity contribution is 6.06. The fourth-order valence-corrected chi connectivity index (χ4v) is 6.69. The van der Waals surface area contributed by atoms with E-state index in [0.717, 1.165) is 63.7 Å². The van der Waals surface area contributed by atoms with E-state index >= 15 is 0 Å². The predicted octanol–water partition coefficient (Wildman–Crippen LogP) is 3.14. The molecule has 1 spiro atoms. The first-order valence-corrected chi connectivity index (χ1v) is 11.9. The average molecular weight is 428 g/mol. The molecule has 0 aromatic heterocycles. The number of rotatable bonds is 2. The summed E-state index contributed by atoms with van der Waals surface area (Å²) >= 11 is 0. The summed E-state index contributed by atoms with van der Waals surface area (Å²) < 4.78 is 11.1. The third kappa shape index (κ3) is 3.16. The highest BCUT2D eigenvalue weighted by Crippen LogP contribution is 2.46. The second-order valence-corrected chi connectivity index (χ2v) is 9.90. The lowest BCUT2D eigenvalue weighted by molar-refractivity contribution is -0.123. The molecule has 4 saturated heterocycles. The van der Waals surface area contributed by atoms with Gasteiger partial charge >= 0.3 is 6.09 Å². The molecule has 3 atom stereocenters. The number of amides is 2. The van der Waals surface area contributed by atoms with Crippen molar-refractivity contribution in [2.24, 2.45) is 0 Å². The number of anilines is 1. The smallest absolute Gasteiger partial charge is 0.410 e. The standard InChI is InChI=1S/C24H31N3O4.H2/c28-22-24(20-3-1-2-4-21(20)25-22)8-10-26(11-9-24)18-13-16-5-6-17(14-18)27(16)23(29)31-19-7-12-30-15-19;/h1-4,16-19H,5-15H2,(H,25,28);1H/t16?,17?,18?,19-;/m1./s1. The predicted molar refractivity (Wildman–Crippen MR) is 117 cm³/mol. The maximum atomic E-state index is 12.9. The lowest BCUT2D eigenvalue weighted by Gasteiger charge is -2.46. The van der Waals surface area contributed by atoms with Crippen LogP contribution in [-0.2, 0) is 19.7 Å². The molecule has 5 aliphatic rings. The Labute approximate surface area is 184 Å². The van der Waals surface area contributed by atoms with Crippen molar-refractivity contribution >= 4 is 17.7 Å². The lowest BCUT2D eigenvalue weighted by Crippen LogP contribution is -2.56. The van der Waals surface area contributed by atoms with E-state index in [-0.39, 0.29) is 37.0 Å². The first-order chi connectivity index (χ1) is 15.1. The van der Waals surface area contributed by atoms with Gasteiger partial charge < -0.3 is 24.6 Å². The van der Waals surface area contributed by atoms with E-state index in [0.29, 0.717) is 19.3 Å². The van der Waals surface area contributed by atoms with Crippen molar-refractivity contribution in [3.63, 3.8) is 0 Å². The number of hydrogen-bond acceptors (Lipinski definition) is 5. The summed E-state index contributed by atoms with van der Waals surface area (Å²) in [4.78, 5) is 30.3.